The molecule has 3 rings (SSSR count). The van der Waals surface area contributed by atoms with Crippen molar-refractivity contribution in [1.29, 1.82) is 0 Å². The van der Waals surface area contributed by atoms with Crippen molar-refractivity contribution in [3.63, 3.8) is 0 Å². The van der Waals surface area contributed by atoms with Gasteiger partial charge in [-0.25, -0.2) is 4.79 Å². The van der Waals surface area contributed by atoms with E-state index in [1.807, 2.05) is 13.0 Å². The molecule has 0 unspecified atom stereocenters. The van der Waals surface area contributed by atoms with Crippen LogP contribution in [0.1, 0.15) is 43.6 Å². The van der Waals surface area contributed by atoms with E-state index < -0.39 is 5.97 Å². The number of methoxy groups -OCH3 is 1. The molecule has 7 nitrogen and oxygen atoms in total. The lowest BCUT2D eigenvalue weighted by atomic mass is 10.1. The maximum absolute atomic E-state index is 12.9. The van der Waals surface area contributed by atoms with E-state index in [4.69, 9.17) is 9.47 Å². The number of ether oxygens (including phenoxy) is 2. The van der Waals surface area contributed by atoms with Crippen molar-refractivity contribution in [2.75, 3.05) is 32.1 Å². The van der Waals surface area contributed by atoms with Gasteiger partial charge in [0.2, 0.25) is 5.91 Å². The molecular weight excluding hydrogens is 346 g/mol. The molecule has 1 aromatic heterocycles. The second-order valence-corrected chi connectivity index (χ2v) is 6.77. The van der Waals surface area contributed by atoms with Crippen molar-refractivity contribution in [3.8, 4) is 5.75 Å². The maximum atomic E-state index is 12.9. The first-order valence-electron chi connectivity index (χ1n) is 9.47. The van der Waals surface area contributed by atoms with Gasteiger partial charge in [0.15, 0.2) is 0 Å². The number of likely N-dealkylation sites (tertiary alicyclic amines) is 1. The molecule has 1 amide bonds. The lowest BCUT2D eigenvalue weighted by Gasteiger charge is -2.31. The van der Waals surface area contributed by atoms with Crippen LogP contribution in [0.25, 0.3) is 10.9 Å². The van der Waals surface area contributed by atoms with E-state index in [9.17, 15) is 9.59 Å². The van der Waals surface area contributed by atoms with Crippen molar-refractivity contribution in [2.45, 2.75) is 39.2 Å². The zero-order chi connectivity index (χ0) is 19.4. The summed E-state index contributed by atoms with van der Waals surface area (Å²) >= 11 is 0. The predicted octanol–water partition coefficient (Wildman–Crippen LogP) is 3.17. The Kier molecular flexibility index (Phi) is 6.01. The number of fused-ring (bicyclic) bond motifs is 1. The summed E-state index contributed by atoms with van der Waals surface area (Å²) in [7, 11) is 1.58. The second-order valence-electron chi connectivity index (χ2n) is 6.77. The summed E-state index contributed by atoms with van der Waals surface area (Å²) in [5.41, 5.74) is 1.43. The molecule has 0 bridgehead atoms. The largest absolute Gasteiger partial charge is 0.497 e. The smallest absolute Gasteiger partial charge is 0.356 e. The Morgan fingerprint density at radius 2 is 2.00 bits per heavy atom. The summed E-state index contributed by atoms with van der Waals surface area (Å²) in [5, 5.41) is 3.67. The quantitative estimate of drug-likeness (QED) is 0.760. The number of aromatic amines is 1. The summed E-state index contributed by atoms with van der Waals surface area (Å²) in [6, 6.07) is 5.16. The number of hydrogen-bond acceptors (Lipinski definition) is 5. The highest BCUT2D eigenvalue weighted by molar-refractivity contribution is 6.12. The first-order chi connectivity index (χ1) is 13.0. The van der Waals surface area contributed by atoms with Gasteiger partial charge in [-0.15, -0.1) is 0 Å². The third kappa shape index (κ3) is 4.08. The highest BCUT2D eigenvalue weighted by Gasteiger charge is 2.26. The van der Waals surface area contributed by atoms with E-state index in [2.05, 4.69) is 15.2 Å². The summed E-state index contributed by atoms with van der Waals surface area (Å²) in [6.07, 6.45) is 3.42. The van der Waals surface area contributed by atoms with Gasteiger partial charge >= 0.3 is 5.97 Å². The molecule has 1 aliphatic heterocycles. The molecule has 1 fully saturated rings. The number of amides is 1. The van der Waals surface area contributed by atoms with E-state index in [0.717, 1.165) is 36.8 Å². The Morgan fingerprint density at radius 3 is 2.67 bits per heavy atom. The Balaban J connectivity index is 1.93. The zero-order valence-electron chi connectivity index (χ0n) is 16.1. The predicted molar refractivity (Wildman–Crippen MR) is 104 cm³/mol. The van der Waals surface area contributed by atoms with Gasteiger partial charge in [-0.1, -0.05) is 6.42 Å². The van der Waals surface area contributed by atoms with Crippen LogP contribution in [0.2, 0.25) is 0 Å². The number of piperidine rings is 1. The van der Waals surface area contributed by atoms with Gasteiger partial charge in [0.1, 0.15) is 11.4 Å². The molecule has 1 aromatic carbocycles. The number of rotatable bonds is 6. The topological polar surface area (TPSA) is 83.7 Å². The van der Waals surface area contributed by atoms with Crippen LogP contribution >= 0.6 is 0 Å². The normalized spacial score (nSPS) is 16.1. The summed E-state index contributed by atoms with van der Waals surface area (Å²) < 4.78 is 10.4. The van der Waals surface area contributed by atoms with Gasteiger partial charge < -0.3 is 19.8 Å². The Hall–Kier alpha value is -2.54. The van der Waals surface area contributed by atoms with Crippen molar-refractivity contribution < 1.29 is 19.1 Å². The maximum Gasteiger partial charge on any atom is 0.356 e. The molecule has 0 radical (unpaired) electrons. The molecule has 1 atom stereocenters. The van der Waals surface area contributed by atoms with Gasteiger partial charge in [-0.3, -0.25) is 9.69 Å². The second kappa shape index (κ2) is 8.43. The number of nitrogens with one attached hydrogen (secondary N) is 2. The summed E-state index contributed by atoms with van der Waals surface area (Å²) in [6.45, 7) is 5.75. The molecule has 0 spiro atoms. The average molecular weight is 373 g/mol. The van der Waals surface area contributed by atoms with Gasteiger partial charge in [0, 0.05) is 10.9 Å². The van der Waals surface area contributed by atoms with Crippen LogP contribution in [0.5, 0.6) is 5.75 Å². The molecule has 0 saturated carbocycles. The number of carbonyl (C=O) groups excluding carboxylic acids is 2. The lowest BCUT2D eigenvalue weighted by Crippen LogP contribution is -2.44. The fraction of sp³-hybridized carbons (Fsp3) is 0.500. The highest BCUT2D eigenvalue weighted by atomic mass is 16.5. The van der Waals surface area contributed by atoms with E-state index in [1.165, 1.54) is 6.42 Å². The number of esters is 1. The van der Waals surface area contributed by atoms with Crippen LogP contribution in [0.4, 0.5) is 5.69 Å². The number of H-pyrrole nitrogens is 1. The Morgan fingerprint density at radius 1 is 1.26 bits per heavy atom. The number of anilines is 1. The SMILES string of the molecule is CCOC(=O)c1[nH]c2ccc(OC)cc2c1NC(=O)[C@@H](C)N1CCCCC1. The monoisotopic (exact) mass is 373 g/mol. The third-order valence-electron chi connectivity index (χ3n) is 5.05. The molecule has 27 heavy (non-hydrogen) atoms. The van der Waals surface area contributed by atoms with Crippen molar-refractivity contribution in [2.24, 2.45) is 0 Å². The van der Waals surface area contributed by atoms with E-state index >= 15 is 0 Å². The molecule has 2 heterocycles. The van der Waals surface area contributed by atoms with Crippen LogP contribution in [-0.4, -0.2) is 54.6 Å². The van der Waals surface area contributed by atoms with Crippen LogP contribution in [0, 0.1) is 0 Å². The van der Waals surface area contributed by atoms with Crippen LogP contribution in [0.15, 0.2) is 18.2 Å². The van der Waals surface area contributed by atoms with Gasteiger partial charge in [-0.05, 0) is 58.0 Å². The Labute approximate surface area is 159 Å². The fourth-order valence-corrected chi connectivity index (χ4v) is 3.48. The molecule has 2 aromatic rings. The van der Waals surface area contributed by atoms with Gasteiger partial charge in [-0.2, -0.15) is 0 Å². The first-order valence-corrected chi connectivity index (χ1v) is 9.47. The van der Waals surface area contributed by atoms with Crippen molar-refractivity contribution >= 4 is 28.5 Å². The number of benzene rings is 1. The molecule has 1 aliphatic rings. The molecular formula is C20H27N3O4. The molecule has 1 saturated heterocycles. The molecule has 146 valence electrons. The van der Waals surface area contributed by atoms with Gasteiger partial charge in [0.25, 0.3) is 0 Å². The number of aromatic nitrogens is 1. The van der Waals surface area contributed by atoms with Crippen molar-refractivity contribution in [1.82, 2.24) is 9.88 Å². The Bertz CT molecular complexity index is 824. The zero-order valence-corrected chi connectivity index (χ0v) is 16.1. The fourth-order valence-electron chi connectivity index (χ4n) is 3.48. The van der Waals surface area contributed by atoms with Crippen molar-refractivity contribution in [3.05, 3.63) is 23.9 Å². The molecule has 0 aliphatic carbocycles. The van der Waals surface area contributed by atoms with Crippen LogP contribution < -0.4 is 10.1 Å². The minimum Gasteiger partial charge on any atom is -0.497 e. The van der Waals surface area contributed by atoms with Crippen LogP contribution in [0.3, 0.4) is 0 Å². The van der Waals surface area contributed by atoms with Crippen LogP contribution in [-0.2, 0) is 9.53 Å². The van der Waals surface area contributed by atoms with E-state index in [0.29, 0.717) is 11.4 Å². The summed E-state index contributed by atoms with van der Waals surface area (Å²) in [4.78, 5) is 30.5. The number of nitrogens with zero attached hydrogens (tertiary/aromatic N) is 1. The lowest BCUT2D eigenvalue weighted by molar-refractivity contribution is -0.121. The standard InChI is InChI=1S/C20H27N3O4/c1-4-27-20(25)18-17(15-12-14(26-3)8-9-16(15)21-18)22-19(24)13(2)23-10-6-5-7-11-23/h8-9,12-13,21H,4-7,10-11H2,1-3H3,(H,22,24)/t13-/m1/s1. The first kappa shape index (κ1) is 19.2. The molecule has 2 N–H and O–H groups in total. The van der Waals surface area contributed by atoms with E-state index in [1.54, 1.807) is 26.2 Å². The third-order valence-corrected chi connectivity index (χ3v) is 5.05. The number of hydrogen-bond donors (Lipinski definition) is 2. The molecule has 7 heteroatoms. The minimum atomic E-state index is -0.492. The minimum absolute atomic E-state index is 0.133. The van der Waals surface area contributed by atoms with Gasteiger partial charge in [0.05, 0.1) is 25.4 Å². The highest BCUT2D eigenvalue weighted by Crippen LogP contribution is 2.32. The number of carbonyl (C=O) groups is 2. The van der Waals surface area contributed by atoms with E-state index in [-0.39, 0.29) is 24.2 Å². The average Bonchev–Trinajstić information content (AvgIpc) is 3.05. The summed E-state index contributed by atoms with van der Waals surface area (Å²) in [5.74, 6) is 0.0243.